The molecule has 8 heteroatoms. The van der Waals surface area contributed by atoms with Gasteiger partial charge in [-0.05, 0) is 47.7 Å². The van der Waals surface area contributed by atoms with E-state index >= 15 is 0 Å². The number of anilines is 1. The summed E-state index contributed by atoms with van der Waals surface area (Å²) in [7, 11) is 1.23. The van der Waals surface area contributed by atoms with E-state index in [1.54, 1.807) is 0 Å². The SMILES string of the molecule is COC(=O)NC1c2c(F)ccc(C(=O)Nc3ccc(F)c(Cl)c3)c2CC1(C)C. The summed E-state index contributed by atoms with van der Waals surface area (Å²) in [5.74, 6) is -1.59. The van der Waals surface area contributed by atoms with E-state index < -0.39 is 35.1 Å². The Bertz CT molecular complexity index is 963. The van der Waals surface area contributed by atoms with E-state index in [-0.39, 0.29) is 16.1 Å². The summed E-state index contributed by atoms with van der Waals surface area (Å²) in [6.45, 7) is 3.74. The fourth-order valence-electron chi connectivity index (χ4n) is 3.52. The van der Waals surface area contributed by atoms with Crippen LogP contribution in [0.5, 0.6) is 0 Å². The van der Waals surface area contributed by atoms with E-state index in [1.807, 2.05) is 13.8 Å². The molecule has 28 heavy (non-hydrogen) atoms. The van der Waals surface area contributed by atoms with Crippen LogP contribution in [0, 0.1) is 17.0 Å². The van der Waals surface area contributed by atoms with Gasteiger partial charge in [-0.25, -0.2) is 13.6 Å². The molecule has 1 aliphatic carbocycles. The molecule has 0 radical (unpaired) electrons. The highest BCUT2D eigenvalue weighted by atomic mass is 35.5. The van der Waals surface area contributed by atoms with Crippen molar-refractivity contribution < 1.29 is 23.1 Å². The Morgan fingerprint density at radius 1 is 1.18 bits per heavy atom. The van der Waals surface area contributed by atoms with Gasteiger partial charge < -0.3 is 15.4 Å². The number of methoxy groups -OCH3 is 1. The van der Waals surface area contributed by atoms with E-state index in [9.17, 15) is 18.4 Å². The minimum atomic E-state index is -0.680. The van der Waals surface area contributed by atoms with Crippen LogP contribution in [0.1, 0.15) is 41.4 Å². The molecule has 1 aliphatic rings. The molecule has 0 bridgehead atoms. The second kappa shape index (κ2) is 7.39. The normalized spacial score (nSPS) is 17.0. The van der Waals surface area contributed by atoms with Crippen LogP contribution in [-0.2, 0) is 11.2 Å². The first-order valence-electron chi connectivity index (χ1n) is 8.56. The third kappa shape index (κ3) is 3.67. The number of carbonyl (C=O) groups is 2. The summed E-state index contributed by atoms with van der Waals surface area (Å²) >= 11 is 5.75. The zero-order valence-electron chi connectivity index (χ0n) is 15.5. The molecule has 2 aromatic rings. The van der Waals surface area contributed by atoms with Gasteiger partial charge in [0, 0.05) is 16.8 Å². The molecule has 2 amide bonds. The van der Waals surface area contributed by atoms with E-state index in [1.165, 1.54) is 31.4 Å². The van der Waals surface area contributed by atoms with Crippen molar-refractivity contribution in [2.75, 3.05) is 12.4 Å². The fraction of sp³-hybridized carbons (Fsp3) is 0.300. The maximum absolute atomic E-state index is 14.6. The van der Waals surface area contributed by atoms with Crippen LogP contribution in [0.4, 0.5) is 19.3 Å². The molecule has 1 atom stereocenters. The highest BCUT2D eigenvalue weighted by Crippen LogP contribution is 2.47. The molecule has 0 aliphatic heterocycles. The monoisotopic (exact) mass is 408 g/mol. The number of ether oxygens (including phenoxy) is 1. The first-order chi connectivity index (χ1) is 13.1. The lowest BCUT2D eigenvalue weighted by molar-refractivity contribution is 0.102. The first kappa shape index (κ1) is 20.1. The zero-order valence-corrected chi connectivity index (χ0v) is 16.3. The van der Waals surface area contributed by atoms with Crippen molar-refractivity contribution in [3.8, 4) is 0 Å². The molecule has 0 fully saturated rings. The smallest absolute Gasteiger partial charge is 0.407 e. The van der Waals surface area contributed by atoms with Gasteiger partial charge >= 0.3 is 6.09 Å². The topological polar surface area (TPSA) is 67.4 Å². The molecule has 3 rings (SSSR count). The molecular formula is C20H19ClF2N2O3. The van der Waals surface area contributed by atoms with Crippen molar-refractivity contribution in [1.29, 1.82) is 0 Å². The number of hydrogen-bond acceptors (Lipinski definition) is 3. The van der Waals surface area contributed by atoms with Crippen molar-refractivity contribution >= 4 is 29.3 Å². The molecule has 0 aromatic heterocycles. The van der Waals surface area contributed by atoms with Gasteiger partial charge in [0.25, 0.3) is 5.91 Å². The van der Waals surface area contributed by atoms with Gasteiger partial charge in [0.2, 0.25) is 0 Å². The Morgan fingerprint density at radius 3 is 2.50 bits per heavy atom. The lowest BCUT2D eigenvalue weighted by atomic mass is 9.85. The van der Waals surface area contributed by atoms with E-state index in [0.717, 1.165) is 6.07 Å². The second-order valence-electron chi connectivity index (χ2n) is 7.30. The number of rotatable bonds is 3. The van der Waals surface area contributed by atoms with Gasteiger partial charge in [-0.15, -0.1) is 0 Å². The average Bonchev–Trinajstić information content (AvgIpc) is 2.89. The highest BCUT2D eigenvalue weighted by Gasteiger charge is 2.43. The van der Waals surface area contributed by atoms with Crippen LogP contribution in [0.2, 0.25) is 5.02 Å². The maximum atomic E-state index is 14.6. The highest BCUT2D eigenvalue weighted by molar-refractivity contribution is 6.31. The minimum Gasteiger partial charge on any atom is -0.453 e. The standard InChI is InChI=1S/C20H19ClF2N2O3/c1-20(2)9-12-11(18(26)24-10-4-6-14(22)13(21)8-10)5-7-15(23)16(12)17(20)25-19(27)28-3/h4-8,17H,9H2,1-3H3,(H,24,26)(H,25,27). The number of benzene rings is 2. The number of hydrogen-bond donors (Lipinski definition) is 2. The maximum Gasteiger partial charge on any atom is 0.407 e. The lowest BCUT2D eigenvalue weighted by Crippen LogP contribution is -2.35. The summed E-state index contributed by atoms with van der Waals surface area (Å²) in [5.41, 5.74) is 0.833. The molecule has 2 N–H and O–H groups in total. The minimum absolute atomic E-state index is 0.120. The number of fused-ring (bicyclic) bond motifs is 1. The predicted octanol–water partition coefficient (Wildman–Crippen LogP) is 4.85. The van der Waals surface area contributed by atoms with Gasteiger partial charge in [-0.3, -0.25) is 4.79 Å². The summed E-state index contributed by atoms with van der Waals surface area (Å²) in [6.07, 6.45) is -0.303. The average molecular weight is 409 g/mol. The van der Waals surface area contributed by atoms with Crippen LogP contribution in [0.15, 0.2) is 30.3 Å². The van der Waals surface area contributed by atoms with Gasteiger partial charge in [0.1, 0.15) is 11.6 Å². The number of carbonyl (C=O) groups excluding carboxylic acids is 2. The second-order valence-corrected chi connectivity index (χ2v) is 7.71. The van der Waals surface area contributed by atoms with Crippen molar-refractivity contribution in [2.24, 2.45) is 5.41 Å². The number of alkyl carbamates (subject to hydrolysis) is 1. The van der Waals surface area contributed by atoms with Crippen molar-refractivity contribution in [3.05, 3.63) is 63.7 Å². The van der Waals surface area contributed by atoms with Crippen LogP contribution < -0.4 is 10.6 Å². The quantitative estimate of drug-likeness (QED) is 0.762. The molecule has 0 saturated carbocycles. The van der Waals surface area contributed by atoms with E-state index in [0.29, 0.717) is 17.7 Å². The number of nitrogens with one attached hydrogen (secondary N) is 2. The van der Waals surface area contributed by atoms with E-state index in [2.05, 4.69) is 15.4 Å². The molecule has 2 aromatic carbocycles. The largest absolute Gasteiger partial charge is 0.453 e. The van der Waals surface area contributed by atoms with Gasteiger partial charge in [0.15, 0.2) is 0 Å². The van der Waals surface area contributed by atoms with Gasteiger partial charge in [-0.1, -0.05) is 25.4 Å². The fourth-order valence-corrected chi connectivity index (χ4v) is 3.70. The number of halogens is 3. The van der Waals surface area contributed by atoms with Crippen LogP contribution in [0.3, 0.4) is 0 Å². The van der Waals surface area contributed by atoms with Crippen molar-refractivity contribution in [3.63, 3.8) is 0 Å². The van der Waals surface area contributed by atoms with Crippen molar-refractivity contribution in [2.45, 2.75) is 26.3 Å². The molecule has 0 heterocycles. The Kier molecular flexibility index (Phi) is 5.30. The van der Waals surface area contributed by atoms with Gasteiger partial charge in [-0.2, -0.15) is 0 Å². The van der Waals surface area contributed by atoms with Gasteiger partial charge in [0.05, 0.1) is 18.2 Å². The van der Waals surface area contributed by atoms with Crippen LogP contribution in [0.25, 0.3) is 0 Å². The number of amides is 2. The third-order valence-corrected chi connectivity index (χ3v) is 5.17. The molecule has 148 valence electrons. The zero-order chi connectivity index (χ0) is 20.6. The predicted molar refractivity (Wildman–Crippen MR) is 102 cm³/mol. The summed E-state index contributed by atoms with van der Waals surface area (Å²) in [4.78, 5) is 24.5. The lowest BCUT2D eigenvalue weighted by Gasteiger charge is -2.27. The molecule has 5 nitrogen and oxygen atoms in total. The van der Waals surface area contributed by atoms with Crippen LogP contribution in [-0.4, -0.2) is 19.1 Å². The van der Waals surface area contributed by atoms with Crippen LogP contribution >= 0.6 is 11.6 Å². The third-order valence-electron chi connectivity index (χ3n) is 4.88. The summed E-state index contributed by atoms with van der Waals surface area (Å²) in [6, 6.07) is 5.76. The Balaban J connectivity index is 1.97. The Morgan fingerprint density at radius 2 is 1.86 bits per heavy atom. The Hall–Kier alpha value is -2.67. The Labute approximate surface area is 166 Å². The summed E-state index contributed by atoms with van der Waals surface area (Å²) in [5, 5.41) is 5.18. The first-order valence-corrected chi connectivity index (χ1v) is 8.94. The molecule has 0 saturated heterocycles. The molecule has 1 unspecified atom stereocenters. The van der Waals surface area contributed by atoms with E-state index in [4.69, 9.17) is 11.6 Å². The molecular weight excluding hydrogens is 390 g/mol. The summed E-state index contributed by atoms with van der Waals surface area (Å²) < 4.78 is 32.6. The van der Waals surface area contributed by atoms with Crippen molar-refractivity contribution in [1.82, 2.24) is 5.32 Å². The molecule has 0 spiro atoms.